The lowest BCUT2D eigenvalue weighted by Crippen LogP contribution is -2.06. The first-order valence-electron chi connectivity index (χ1n) is 6.48. The summed E-state index contributed by atoms with van der Waals surface area (Å²) in [6.07, 6.45) is 1.70. The molecule has 0 saturated heterocycles. The van der Waals surface area contributed by atoms with Gasteiger partial charge in [0.15, 0.2) is 5.70 Å². The Morgan fingerprint density at radius 3 is 2.50 bits per heavy atom. The van der Waals surface area contributed by atoms with E-state index in [-0.39, 0.29) is 11.6 Å². The first-order valence-corrected chi connectivity index (χ1v) is 7.42. The third-order valence-corrected chi connectivity index (χ3v) is 3.77. The molecule has 0 N–H and O–H groups in total. The largest absolute Gasteiger partial charge is 0.497 e. The van der Waals surface area contributed by atoms with E-state index in [1.54, 1.807) is 49.8 Å². The lowest BCUT2D eigenvalue weighted by atomic mass is 10.2. The van der Waals surface area contributed by atoms with Crippen LogP contribution in [0.2, 0.25) is 0 Å². The molecule has 1 aromatic carbocycles. The Kier molecular flexibility index (Phi) is 3.93. The molecule has 6 heteroatoms. The Balaban J connectivity index is 1.97. The van der Waals surface area contributed by atoms with Crippen LogP contribution in [0.4, 0.5) is 0 Å². The Hall–Kier alpha value is -2.60. The minimum absolute atomic E-state index is 0.240. The Labute approximate surface area is 131 Å². The van der Waals surface area contributed by atoms with E-state index >= 15 is 0 Å². The predicted octanol–water partition coefficient (Wildman–Crippen LogP) is 3.11. The second-order valence-electron chi connectivity index (χ2n) is 4.49. The molecule has 0 saturated carbocycles. The summed E-state index contributed by atoms with van der Waals surface area (Å²) in [5, 5.41) is 3.87. The number of nitrogens with zero attached hydrogens (tertiary/aromatic N) is 1. The third-order valence-electron chi connectivity index (χ3n) is 3.07. The lowest BCUT2D eigenvalue weighted by molar-refractivity contribution is -0.129. The molecule has 0 aliphatic carbocycles. The number of ether oxygens (including phenoxy) is 3. The first-order chi connectivity index (χ1) is 10.7. The summed E-state index contributed by atoms with van der Waals surface area (Å²) in [7, 11) is 3.12. The monoisotopic (exact) mass is 315 g/mol. The molecule has 1 aromatic heterocycles. The van der Waals surface area contributed by atoms with Crippen LogP contribution in [0.15, 0.2) is 45.7 Å². The number of rotatable bonds is 4. The fraction of sp³-hybridized carbons (Fsp3) is 0.125. The summed E-state index contributed by atoms with van der Waals surface area (Å²) >= 11 is 1.55. The van der Waals surface area contributed by atoms with E-state index in [0.29, 0.717) is 17.1 Å². The smallest absolute Gasteiger partial charge is 0.363 e. The van der Waals surface area contributed by atoms with Crippen LogP contribution in [-0.4, -0.2) is 26.1 Å². The topological polar surface area (TPSA) is 57.1 Å². The van der Waals surface area contributed by atoms with Crippen LogP contribution in [0.1, 0.15) is 11.1 Å². The number of esters is 1. The summed E-state index contributed by atoms with van der Waals surface area (Å²) < 4.78 is 15.7. The van der Waals surface area contributed by atoms with Gasteiger partial charge in [0.1, 0.15) is 11.5 Å². The third kappa shape index (κ3) is 2.87. The Morgan fingerprint density at radius 2 is 1.91 bits per heavy atom. The molecule has 0 atom stereocenters. The minimum atomic E-state index is -0.469. The molecule has 0 amide bonds. The van der Waals surface area contributed by atoms with Crippen molar-refractivity contribution >= 4 is 29.3 Å². The molecule has 1 aliphatic heterocycles. The van der Waals surface area contributed by atoms with Gasteiger partial charge < -0.3 is 14.2 Å². The molecular weight excluding hydrogens is 302 g/mol. The van der Waals surface area contributed by atoms with E-state index < -0.39 is 5.97 Å². The highest BCUT2D eigenvalue weighted by molar-refractivity contribution is 7.08. The average molecular weight is 315 g/mol. The van der Waals surface area contributed by atoms with Crippen molar-refractivity contribution in [2.45, 2.75) is 0 Å². The number of methoxy groups -OCH3 is 2. The summed E-state index contributed by atoms with van der Waals surface area (Å²) in [4.78, 5) is 16.2. The molecule has 2 aromatic rings. The van der Waals surface area contributed by atoms with Gasteiger partial charge in [-0.05, 0) is 40.6 Å². The van der Waals surface area contributed by atoms with E-state index in [0.717, 1.165) is 5.56 Å². The molecule has 22 heavy (non-hydrogen) atoms. The van der Waals surface area contributed by atoms with Crippen molar-refractivity contribution in [3.05, 3.63) is 51.8 Å². The number of carbonyl (C=O) groups is 1. The van der Waals surface area contributed by atoms with Crippen molar-refractivity contribution in [2.24, 2.45) is 4.99 Å². The van der Waals surface area contributed by atoms with Gasteiger partial charge in [0.25, 0.3) is 0 Å². The van der Waals surface area contributed by atoms with Crippen molar-refractivity contribution in [1.82, 2.24) is 0 Å². The number of carbonyl (C=O) groups excluding carboxylic acids is 1. The molecule has 0 fully saturated rings. The van der Waals surface area contributed by atoms with Gasteiger partial charge in [0, 0.05) is 11.6 Å². The average Bonchev–Trinajstić information content (AvgIpc) is 3.17. The van der Waals surface area contributed by atoms with Crippen LogP contribution >= 0.6 is 11.3 Å². The van der Waals surface area contributed by atoms with E-state index in [9.17, 15) is 4.79 Å². The second kappa shape index (κ2) is 6.03. The summed E-state index contributed by atoms with van der Waals surface area (Å²) in [6.45, 7) is 0. The fourth-order valence-corrected chi connectivity index (χ4v) is 2.60. The standard InChI is InChI=1S/C16H13NO4S/c1-19-12-6-11(7-13(8-12)20-2)15-17-14(16(18)21-15)5-10-3-4-22-9-10/h3-9H,1-2H3/b14-5-. The molecule has 1 aliphatic rings. The van der Waals surface area contributed by atoms with E-state index in [1.165, 1.54) is 0 Å². The summed E-state index contributed by atoms with van der Waals surface area (Å²) in [6, 6.07) is 7.13. The highest BCUT2D eigenvalue weighted by Gasteiger charge is 2.25. The van der Waals surface area contributed by atoms with Crippen LogP contribution in [0.5, 0.6) is 11.5 Å². The Bertz CT molecular complexity index is 740. The lowest BCUT2D eigenvalue weighted by Gasteiger charge is -2.07. The van der Waals surface area contributed by atoms with Crippen LogP contribution in [0.25, 0.3) is 6.08 Å². The SMILES string of the molecule is COc1cc(OC)cc(C2=N/C(=C\c3ccsc3)C(=O)O2)c1. The predicted molar refractivity (Wildman–Crippen MR) is 84.5 cm³/mol. The van der Waals surface area contributed by atoms with Crippen LogP contribution < -0.4 is 9.47 Å². The summed E-state index contributed by atoms with van der Waals surface area (Å²) in [5.41, 5.74) is 1.82. The Morgan fingerprint density at radius 1 is 1.18 bits per heavy atom. The molecule has 5 nitrogen and oxygen atoms in total. The van der Waals surface area contributed by atoms with Crippen molar-refractivity contribution < 1.29 is 19.0 Å². The van der Waals surface area contributed by atoms with Crippen molar-refractivity contribution in [3.8, 4) is 11.5 Å². The normalized spacial score (nSPS) is 15.6. The van der Waals surface area contributed by atoms with Gasteiger partial charge in [0.2, 0.25) is 5.90 Å². The minimum Gasteiger partial charge on any atom is -0.497 e. The highest BCUT2D eigenvalue weighted by Crippen LogP contribution is 2.26. The zero-order valence-corrected chi connectivity index (χ0v) is 12.8. The van der Waals surface area contributed by atoms with Gasteiger partial charge in [-0.25, -0.2) is 9.79 Å². The zero-order chi connectivity index (χ0) is 15.5. The van der Waals surface area contributed by atoms with Crippen LogP contribution in [0, 0.1) is 0 Å². The molecular formula is C16H13NO4S. The number of hydrogen-bond donors (Lipinski definition) is 0. The number of aliphatic imine (C=N–C) groups is 1. The van der Waals surface area contributed by atoms with Gasteiger partial charge in [-0.15, -0.1) is 0 Å². The number of cyclic esters (lactones) is 1. The molecule has 3 rings (SSSR count). The quantitative estimate of drug-likeness (QED) is 0.642. The molecule has 0 spiro atoms. The zero-order valence-electron chi connectivity index (χ0n) is 12.0. The number of hydrogen-bond acceptors (Lipinski definition) is 6. The second-order valence-corrected chi connectivity index (χ2v) is 5.27. The van der Waals surface area contributed by atoms with Crippen molar-refractivity contribution in [1.29, 1.82) is 0 Å². The van der Waals surface area contributed by atoms with Gasteiger partial charge in [0.05, 0.1) is 14.2 Å². The first kappa shape index (κ1) is 14.3. The molecule has 2 heterocycles. The maximum atomic E-state index is 11.9. The molecule has 0 unspecified atom stereocenters. The van der Waals surface area contributed by atoms with Gasteiger partial charge >= 0.3 is 5.97 Å². The summed E-state index contributed by atoms with van der Waals surface area (Å²) in [5.74, 6) is 0.971. The van der Waals surface area contributed by atoms with Crippen molar-refractivity contribution in [3.63, 3.8) is 0 Å². The van der Waals surface area contributed by atoms with Crippen LogP contribution in [-0.2, 0) is 9.53 Å². The molecule has 0 radical (unpaired) electrons. The number of thiophene rings is 1. The van der Waals surface area contributed by atoms with E-state index in [4.69, 9.17) is 14.2 Å². The van der Waals surface area contributed by atoms with Crippen molar-refractivity contribution in [2.75, 3.05) is 14.2 Å². The highest BCUT2D eigenvalue weighted by atomic mass is 32.1. The van der Waals surface area contributed by atoms with Crippen LogP contribution in [0.3, 0.4) is 0 Å². The van der Waals surface area contributed by atoms with Gasteiger partial charge in [-0.1, -0.05) is 0 Å². The fourth-order valence-electron chi connectivity index (χ4n) is 1.98. The van der Waals surface area contributed by atoms with E-state index in [1.807, 2.05) is 16.8 Å². The molecule has 112 valence electrons. The molecule has 0 bridgehead atoms. The van der Waals surface area contributed by atoms with E-state index in [2.05, 4.69) is 4.99 Å². The van der Waals surface area contributed by atoms with Gasteiger partial charge in [-0.2, -0.15) is 11.3 Å². The maximum Gasteiger partial charge on any atom is 0.363 e. The maximum absolute atomic E-state index is 11.9. The number of benzene rings is 1. The van der Waals surface area contributed by atoms with Gasteiger partial charge in [-0.3, -0.25) is 0 Å².